The van der Waals surface area contributed by atoms with Gasteiger partial charge in [0, 0.05) is 25.2 Å². The van der Waals surface area contributed by atoms with Crippen molar-refractivity contribution in [3.05, 3.63) is 71.9 Å². The second-order valence-electron chi connectivity index (χ2n) is 5.25. The third-order valence-electron chi connectivity index (χ3n) is 3.48. The van der Waals surface area contributed by atoms with Crippen LogP contribution in [0.5, 0.6) is 0 Å². The maximum atomic E-state index is 4.64. The number of pyridine rings is 1. The SMILES string of the molecule is CN(C)c1ccc(/C=C/c2ccc3ccccc3n2)cc1.Cl. The minimum Gasteiger partial charge on any atom is -0.378 e. The summed E-state index contributed by atoms with van der Waals surface area (Å²) in [5.41, 5.74) is 4.39. The summed E-state index contributed by atoms with van der Waals surface area (Å²) in [6, 6.07) is 20.8. The zero-order chi connectivity index (χ0) is 14.7. The van der Waals surface area contributed by atoms with E-state index in [1.807, 2.05) is 38.4 Å². The highest BCUT2D eigenvalue weighted by Crippen LogP contribution is 2.16. The van der Waals surface area contributed by atoms with Crippen molar-refractivity contribution in [3.8, 4) is 0 Å². The standard InChI is InChI=1S/C19H18N2.ClH/c1-21(2)18-13-8-15(9-14-18)7-11-17-12-10-16-5-3-4-6-19(16)20-17;/h3-14H,1-2H3;1H/b11-7+;. The maximum Gasteiger partial charge on any atom is 0.0709 e. The van der Waals surface area contributed by atoms with E-state index in [9.17, 15) is 0 Å². The van der Waals surface area contributed by atoms with Crippen LogP contribution in [0.25, 0.3) is 23.1 Å². The van der Waals surface area contributed by atoms with Crippen LogP contribution in [-0.4, -0.2) is 19.1 Å². The van der Waals surface area contributed by atoms with Gasteiger partial charge in [0.25, 0.3) is 0 Å². The van der Waals surface area contributed by atoms with Gasteiger partial charge in [-0.1, -0.05) is 42.5 Å². The van der Waals surface area contributed by atoms with Crippen LogP contribution in [0.3, 0.4) is 0 Å². The van der Waals surface area contributed by atoms with E-state index in [1.54, 1.807) is 0 Å². The molecule has 0 saturated carbocycles. The molecule has 0 radical (unpaired) electrons. The van der Waals surface area contributed by atoms with E-state index in [-0.39, 0.29) is 12.4 Å². The number of hydrogen-bond acceptors (Lipinski definition) is 2. The average molecular weight is 311 g/mol. The van der Waals surface area contributed by atoms with Gasteiger partial charge in [-0.25, -0.2) is 4.98 Å². The van der Waals surface area contributed by atoms with Crippen molar-refractivity contribution in [1.29, 1.82) is 0 Å². The Balaban J connectivity index is 0.00000176. The zero-order valence-electron chi connectivity index (χ0n) is 12.7. The quantitative estimate of drug-likeness (QED) is 0.684. The number of benzene rings is 2. The molecule has 22 heavy (non-hydrogen) atoms. The Bertz CT molecular complexity index is 777. The first-order valence-electron chi connectivity index (χ1n) is 7.04. The van der Waals surface area contributed by atoms with Gasteiger partial charge in [-0.2, -0.15) is 0 Å². The first-order chi connectivity index (χ1) is 10.2. The summed E-state index contributed by atoms with van der Waals surface area (Å²) in [6.45, 7) is 0. The van der Waals surface area contributed by atoms with E-state index in [0.29, 0.717) is 0 Å². The van der Waals surface area contributed by atoms with Crippen molar-refractivity contribution in [2.24, 2.45) is 0 Å². The molecule has 0 fully saturated rings. The van der Waals surface area contributed by atoms with Crippen molar-refractivity contribution in [2.45, 2.75) is 0 Å². The molecule has 0 N–H and O–H groups in total. The van der Waals surface area contributed by atoms with Crippen molar-refractivity contribution in [1.82, 2.24) is 4.98 Å². The number of hydrogen-bond donors (Lipinski definition) is 0. The van der Waals surface area contributed by atoms with Gasteiger partial charge >= 0.3 is 0 Å². The first kappa shape index (κ1) is 16.1. The van der Waals surface area contributed by atoms with Crippen molar-refractivity contribution in [2.75, 3.05) is 19.0 Å². The van der Waals surface area contributed by atoms with Crippen LogP contribution < -0.4 is 4.90 Å². The highest BCUT2D eigenvalue weighted by molar-refractivity contribution is 5.85. The molecule has 0 saturated heterocycles. The summed E-state index contributed by atoms with van der Waals surface area (Å²) in [7, 11) is 4.09. The molecule has 1 heterocycles. The van der Waals surface area contributed by atoms with Crippen molar-refractivity contribution < 1.29 is 0 Å². The predicted molar refractivity (Wildman–Crippen MR) is 98.7 cm³/mol. The molecule has 0 aliphatic carbocycles. The average Bonchev–Trinajstić information content (AvgIpc) is 2.53. The number of anilines is 1. The van der Waals surface area contributed by atoms with E-state index in [1.165, 1.54) is 16.6 Å². The van der Waals surface area contributed by atoms with E-state index in [0.717, 1.165) is 11.2 Å². The number of rotatable bonds is 3. The Labute approximate surface area is 137 Å². The van der Waals surface area contributed by atoms with Crippen LogP contribution in [0.1, 0.15) is 11.3 Å². The van der Waals surface area contributed by atoms with Crippen LogP contribution in [0, 0.1) is 0 Å². The van der Waals surface area contributed by atoms with Crippen LogP contribution in [0.4, 0.5) is 5.69 Å². The normalized spacial score (nSPS) is 10.6. The lowest BCUT2D eigenvalue weighted by atomic mass is 10.1. The molecule has 0 unspecified atom stereocenters. The summed E-state index contributed by atoms with van der Waals surface area (Å²) in [5.74, 6) is 0. The summed E-state index contributed by atoms with van der Waals surface area (Å²) < 4.78 is 0. The molecule has 0 aliphatic rings. The lowest BCUT2D eigenvalue weighted by molar-refractivity contribution is 1.13. The van der Waals surface area contributed by atoms with Gasteiger partial charge < -0.3 is 4.90 Å². The molecule has 0 aliphatic heterocycles. The lowest BCUT2D eigenvalue weighted by Crippen LogP contribution is -2.07. The molecule has 0 amide bonds. The summed E-state index contributed by atoms with van der Waals surface area (Å²) in [4.78, 5) is 6.74. The molecule has 3 aromatic rings. The van der Waals surface area contributed by atoms with Gasteiger partial charge in [0.05, 0.1) is 11.2 Å². The van der Waals surface area contributed by atoms with Gasteiger partial charge in [-0.3, -0.25) is 0 Å². The van der Waals surface area contributed by atoms with Gasteiger partial charge in [-0.05, 0) is 35.9 Å². The van der Waals surface area contributed by atoms with Crippen molar-refractivity contribution in [3.63, 3.8) is 0 Å². The van der Waals surface area contributed by atoms with Gasteiger partial charge in [0.2, 0.25) is 0 Å². The van der Waals surface area contributed by atoms with Crippen LogP contribution in [0.2, 0.25) is 0 Å². The van der Waals surface area contributed by atoms with Gasteiger partial charge in [0.15, 0.2) is 0 Å². The van der Waals surface area contributed by atoms with E-state index < -0.39 is 0 Å². The third-order valence-corrected chi connectivity index (χ3v) is 3.48. The molecule has 3 heteroatoms. The lowest BCUT2D eigenvalue weighted by Gasteiger charge is -2.11. The minimum absolute atomic E-state index is 0. The number of fused-ring (bicyclic) bond motifs is 1. The maximum absolute atomic E-state index is 4.64. The molecular weight excluding hydrogens is 292 g/mol. The monoisotopic (exact) mass is 310 g/mol. The molecule has 0 bridgehead atoms. The number of para-hydroxylation sites is 1. The topological polar surface area (TPSA) is 16.1 Å². The summed E-state index contributed by atoms with van der Waals surface area (Å²) in [6.07, 6.45) is 4.15. The Hall–Kier alpha value is -2.32. The summed E-state index contributed by atoms with van der Waals surface area (Å²) in [5, 5.41) is 1.17. The Morgan fingerprint density at radius 1 is 0.818 bits per heavy atom. The van der Waals surface area contributed by atoms with E-state index in [4.69, 9.17) is 0 Å². The first-order valence-corrected chi connectivity index (χ1v) is 7.04. The fourth-order valence-electron chi connectivity index (χ4n) is 2.24. The zero-order valence-corrected chi connectivity index (χ0v) is 13.5. The van der Waals surface area contributed by atoms with Gasteiger partial charge in [0.1, 0.15) is 0 Å². The molecular formula is C19H19ClN2. The fourth-order valence-corrected chi connectivity index (χ4v) is 2.24. The second kappa shape index (κ2) is 7.10. The smallest absolute Gasteiger partial charge is 0.0709 e. The molecule has 0 spiro atoms. The highest BCUT2D eigenvalue weighted by atomic mass is 35.5. The number of nitrogens with zero attached hydrogens (tertiary/aromatic N) is 2. The van der Waals surface area contributed by atoms with Crippen LogP contribution >= 0.6 is 12.4 Å². The summed E-state index contributed by atoms with van der Waals surface area (Å²) >= 11 is 0. The van der Waals surface area contributed by atoms with Crippen LogP contribution in [-0.2, 0) is 0 Å². The highest BCUT2D eigenvalue weighted by Gasteiger charge is 1.96. The third kappa shape index (κ3) is 3.66. The van der Waals surface area contributed by atoms with E-state index in [2.05, 4.69) is 58.4 Å². The Morgan fingerprint density at radius 3 is 2.27 bits per heavy atom. The van der Waals surface area contributed by atoms with Crippen LogP contribution in [0.15, 0.2) is 60.7 Å². The minimum atomic E-state index is 0. The Kier molecular flexibility index (Phi) is 5.18. The Morgan fingerprint density at radius 2 is 1.55 bits per heavy atom. The van der Waals surface area contributed by atoms with E-state index >= 15 is 0 Å². The molecule has 3 rings (SSSR count). The molecule has 2 aromatic carbocycles. The van der Waals surface area contributed by atoms with Gasteiger partial charge in [-0.15, -0.1) is 12.4 Å². The second-order valence-corrected chi connectivity index (χ2v) is 5.25. The fraction of sp³-hybridized carbons (Fsp3) is 0.105. The molecule has 0 atom stereocenters. The number of halogens is 1. The number of aromatic nitrogens is 1. The molecule has 2 nitrogen and oxygen atoms in total. The molecule has 112 valence electrons. The van der Waals surface area contributed by atoms with Crippen molar-refractivity contribution >= 4 is 41.1 Å². The largest absolute Gasteiger partial charge is 0.378 e. The predicted octanol–water partition coefficient (Wildman–Crippen LogP) is 4.89. The molecule has 1 aromatic heterocycles.